The van der Waals surface area contributed by atoms with Crippen molar-refractivity contribution in [3.8, 4) is 5.75 Å². The first kappa shape index (κ1) is 13.2. The van der Waals surface area contributed by atoms with Crippen LogP contribution in [-0.4, -0.2) is 13.1 Å². The molecule has 0 amide bonds. The van der Waals surface area contributed by atoms with Gasteiger partial charge in [-0.05, 0) is 37.8 Å². The van der Waals surface area contributed by atoms with Gasteiger partial charge in [0.05, 0.1) is 6.10 Å². The van der Waals surface area contributed by atoms with Gasteiger partial charge in [-0.25, -0.2) is 4.39 Å². The first-order chi connectivity index (χ1) is 8.47. The molecule has 18 heavy (non-hydrogen) atoms. The molecule has 0 atom stereocenters. The van der Waals surface area contributed by atoms with E-state index in [9.17, 15) is 17.3 Å². The second-order valence-electron chi connectivity index (χ2n) is 4.64. The van der Waals surface area contributed by atoms with Crippen molar-refractivity contribution in [3.05, 3.63) is 24.0 Å². The number of benzene rings is 1. The highest BCUT2D eigenvalue weighted by Gasteiger charge is 2.27. The van der Waals surface area contributed by atoms with Crippen molar-refractivity contribution in [2.24, 2.45) is 0 Å². The third-order valence-corrected chi connectivity index (χ3v) is 3.18. The Morgan fingerprint density at radius 3 is 2.33 bits per heavy atom. The van der Waals surface area contributed by atoms with E-state index in [1.54, 1.807) is 0 Å². The Kier molecular flexibility index (Phi) is 3.83. The fourth-order valence-corrected chi connectivity index (χ4v) is 2.18. The molecule has 1 aliphatic carbocycles. The zero-order chi connectivity index (χ0) is 13.2. The summed E-state index contributed by atoms with van der Waals surface area (Å²) in [5.41, 5.74) is -0.817. The average Bonchev–Trinajstić information content (AvgIpc) is 2.32. The molecule has 2 rings (SSSR count). The number of rotatable bonds is 3. The van der Waals surface area contributed by atoms with Crippen LogP contribution in [0.5, 0.6) is 5.75 Å². The van der Waals surface area contributed by atoms with Crippen LogP contribution in [-0.2, 0) is 0 Å². The van der Waals surface area contributed by atoms with E-state index in [2.05, 4.69) is 0 Å². The van der Waals surface area contributed by atoms with E-state index in [-0.39, 0.29) is 11.9 Å². The molecule has 0 unspecified atom stereocenters. The Bertz CT molecular complexity index is 413. The molecule has 0 aliphatic heterocycles. The Hall–Kier alpha value is -1.20. The topological polar surface area (TPSA) is 9.23 Å². The van der Waals surface area contributed by atoms with Crippen LogP contribution in [0.4, 0.5) is 17.3 Å². The van der Waals surface area contributed by atoms with Crippen molar-refractivity contribution in [3.63, 3.8) is 0 Å². The van der Waals surface area contributed by atoms with Crippen molar-refractivity contribution >= 4 is 12.4 Å². The molecule has 0 radical (unpaired) electrons. The van der Waals surface area contributed by atoms with Crippen LogP contribution in [0.1, 0.15) is 32.1 Å². The highest BCUT2D eigenvalue weighted by Crippen LogP contribution is 2.25. The van der Waals surface area contributed by atoms with Gasteiger partial charge in [-0.2, -0.15) is 0 Å². The first-order valence-corrected chi connectivity index (χ1v) is 6.13. The SMILES string of the molecule is Fc1ccc([B-](F)(F)F)cc1OC1CCCCC1. The van der Waals surface area contributed by atoms with Gasteiger partial charge in [0.1, 0.15) is 0 Å². The van der Waals surface area contributed by atoms with Crippen molar-refractivity contribution in [1.82, 2.24) is 0 Å². The van der Waals surface area contributed by atoms with Crippen LogP contribution in [0.3, 0.4) is 0 Å². The fourth-order valence-electron chi connectivity index (χ4n) is 2.18. The zero-order valence-corrected chi connectivity index (χ0v) is 9.84. The maximum atomic E-state index is 13.4. The highest BCUT2D eigenvalue weighted by atomic mass is 19.4. The lowest BCUT2D eigenvalue weighted by molar-refractivity contribution is 0.149. The van der Waals surface area contributed by atoms with E-state index in [1.807, 2.05) is 0 Å². The summed E-state index contributed by atoms with van der Waals surface area (Å²) in [6.07, 6.45) is 4.46. The van der Waals surface area contributed by atoms with Crippen LogP contribution in [0, 0.1) is 5.82 Å². The lowest BCUT2D eigenvalue weighted by Gasteiger charge is -2.24. The summed E-state index contributed by atoms with van der Waals surface area (Å²) in [4.78, 5) is 0. The summed E-state index contributed by atoms with van der Waals surface area (Å²) in [5, 5.41) is 0. The largest absolute Gasteiger partial charge is 0.509 e. The normalized spacial score (nSPS) is 17.8. The second-order valence-corrected chi connectivity index (χ2v) is 4.64. The molecule has 0 heterocycles. The number of ether oxygens (including phenoxy) is 1. The molecule has 1 aliphatic rings. The molecule has 1 fully saturated rings. The van der Waals surface area contributed by atoms with Gasteiger partial charge >= 0.3 is 6.98 Å². The summed E-state index contributed by atoms with van der Waals surface area (Å²) < 4.78 is 56.5. The Morgan fingerprint density at radius 2 is 1.72 bits per heavy atom. The summed E-state index contributed by atoms with van der Waals surface area (Å²) in [5.74, 6) is -1.01. The lowest BCUT2D eigenvalue weighted by atomic mass is 9.80. The van der Waals surface area contributed by atoms with Crippen molar-refractivity contribution in [2.75, 3.05) is 0 Å². The predicted octanol–water partition coefficient (Wildman–Crippen LogP) is 3.59. The maximum Gasteiger partial charge on any atom is 0.509 e. The van der Waals surface area contributed by atoms with E-state index < -0.39 is 18.3 Å². The van der Waals surface area contributed by atoms with Crippen LogP contribution in [0.15, 0.2) is 18.2 Å². The van der Waals surface area contributed by atoms with Gasteiger partial charge in [0.2, 0.25) is 0 Å². The second kappa shape index (κ2) is 5.20. The van der Waals surface area contributed by atoms with Gasteiger partial charge in [0, 0.05) is 0 Å². The molecule has 0 saturated heterocycles. The molecular weight excluding hydrogens is 247 g/mol. The molecule has 6 heteroatoms. The minimum atomic E-state index is -5.12. The third-order valence-electron chi connectivity index (χ3n) is 3.18. The molecular formula is C12H14BF4O-. The molecule has 1 saturated carbocycles. The number of halogens is 4. The van der Waals surface area contributed by atoms with E-state index >= 15 is 0 Å². The summed E-state index contributed by atoms with van der Waals surface area (Å²) in [7, 11) is 0. The van der Waals surface area contributed by atoms with E-state index in [0.29, 0.717) is 0 Å². The van der Waals surface area contributed by atoms with Crippen molar-refractivity contribution in [2.45, 2.75) is 38.2 Å². The highest BCUT2D eigenvalue weighted by molar-refractivity contribution is 6.73. The minimum Gasteiger partial charge on any atom is -0.487 e. The van der Waals surface area contributed by atoms with E-state index in [4.69, 9.17) is 4.74 Å². The zero-order valence-electron chi connectivity index (χ0n) is 9.84. The lowest BCUT2D eigenvalue weighted by Crippen LogP contribution is -2.34. The molecule has 1 nitrogen and oxygen atoms in total. The molecule has 0 N–H and O–H groups in total. The van der Waals surface area contributed by atoms with Gasteiger partial charge in [-0.1, -0.05) is 12.5 Å². The molecule has 0 bridgehead atoms. The van der Waals surface area contributed by atoms with E-state index in [1.165, 1.54) is 0 Å². The average molecular weight is 261 g/mol. The van der Waals surface area contributed by atoms with Crippen LogP contribution < -0.4 is 10.2 Å². The van der Waals surface area contributed by atoms with Gasteiger partial charge in [0.25, 0.3) is 0 Å². The summed E-state index contributed by atoms with van der Waals surface area (Å²) in [6.45, 7) is -5.12. The first-order valence-electron chi connectivity index (χ1n) is 6.13. The van der Waals surface area contributed by atoms with Gasteiger partial charge in [-0.15, -0.1) is 5.46 Å². The minimum absolute atomic E-state index is 0.163. The van der Waals surface area contributed by atoms with Gasteiger partial charge in [-0.3, -0.25) is 0 Å². The smallest absolute Gasteiger partial charge is 0.487 e. The Labute approximate surface area is 103 Å². The van der Waals surface area contributed by atoms with Crippen molar-refractivity contribution in [1.29, 1.82) is 0 Å². The Balaban J connectivity index is 2.15. The maximum absolute atomic E-state index is 13.4. The van der Waals surface area contributed by atoms with Gasteiger partial charge in [0.15, 0.2) is 11.6 Å². The van der Waals surface area contributed by atoms with Crippen LogP contribution in [0.25, 0.3) is 0 Å². The van der Waals surface area contributed by atoms with Gasteiger partial charge < -0.3 is 17.7 Å². The van der Waals surface area contributed by atoms with Crippen molar-refractivity contribution < 1.29 is 22.1 Å². The molecule has 0 aromatic heterocycles. The number of hydrogen-bond acceptors (Lipinski definition) is 1. The summed E-state index contributed by atoms with van der Waals surface area (Å²) >= 11 is 0. The molecule has 1 aromatic carbocycles. The van der Waals surface area contributed by atoms with E-state index in [0.717, 1.165) is 50.3 Å². The number of hydrogen-bond donors (Lipinski definition) is 0. The third kappa shape index (κ3) is 3.18. The predicted molar refractivity (Wildman–Crippen MR) is 62.6 cm³/mol. The quantitative estimate of drug-likeness (QED) is 0.596. The molecule has 0 spiro atoms. The monoisotopic (exact) mass is 261 g/mol. The molecule has 100 valence electrons. The fraction of sp³-hybridized carbons (Fsp3) is 0.500. The van der Waals surface area contributed by atoms with Crippen LogP contribution >= 0.6 is 0 Å². The summed E-state index contributed by atoms with van der Waals surface area (Å²) in [6, 6.07) is 2.34. The van der Waals surface area contributed by atoms with Crippen LogP contribution in [0.2, 0.25) is 0 Å². The Morgan fingerprint density at radius 1 is 1.06 bits per heavy atom. The molecule has 1 aromatic rings. The standard InChI is InChI=1S/C12H14BF4O/c14-11-7-6-9(13(15,16)17)8-12(11)18-10-4-2-1-3-5-10/h6-8,10H,1-5H2/q-1.